The van der Waals surface area contributed by atoms with Crippen LogP contribution in [0.5, 0.6) is 0 Å². The van der Waals surface area contributed by atoms with E-state index in [0.717, 1.165) is 5.69 Å². The highest BCUT2D eigenvalue weighted by atomic mass is 16.2. The highest BCUT2D eigenvalue weighted by Crippen LogP contribution is 2.30. The van der Waals surface area contributed by atoms with Gasteiger partial charge in [-0.05, 0) is 43.7 Å². The second-order valence-corrected chi connectivity index (χ2v) is 6.04. The quantitative estimate of drug-likeness (QED) is 0.939. The summed E-state index contributed by atoms with van der Waals surface area (Å²) in [6, 6.07) is 11.4. The zero-order chi connectivity index (χ0) is 15.7. The van der Waals surface area contributed by atoms with E-state index in [1.54, 1.807) is 11.0 Å². The summed E-state index contributed by atoms with van der Waals surface area (Å²) in [7, 11) is 0. The summed E-state index contributed by atoms with van der Waals surface area (Å²) >= 11 is 0. The lowest BCUT2D eigenvalue weighted by Gasteiger charge is -2.21. The number of aromatic nitrogens is 1. The molecule has 0 radical (unpaired) electrons. The molecule has 1 atom stereocenters. The molecular weight excluding hydrogens is 278 g/mol. The Balaban J connectivity index is 1.82. The number of hydrogen-bond donors (Lipinski definition) is 1. The van der Waals surface area contributed by atoms with E-state index < -0.39 is 5.41 Å². The summed E-state index contributed by atoms with van der Waals surface area (Å²) < 4.78 is 1.95. The van der Waals surface area contributed by atoms with E-state index in [1.807, 2.05) is 54.2 Å². The van der Waals surface area contributed by atoms with Gasteiger partial charge in [0.1, 0.15) is 0 Å². The van der Waals surface area contributed by atoms with Gasteiger partial charge in [-0.2, -0.15) is 0 Å². The molecule has 114 valence electrons. The molecule has 0 spiro atoms. The first-order chi connectivity index (χ1) is 10.5. The normalized spacial score (nSPS) is 21.0. The molecule has 0 bridgehead atoms. The molecular formula is C17H19N3O2. The topological polar surface area (TPSA) is 68.3 Å². The predicted molar refractivity (Wildman–Crippen MR) is 83.6 cm³/mol. The van der Waals surface area contributed by atoms with Crippen LogP contribution >= 0.6 is 0 Å². The van der Waals surface area contributed by atoms with Crippen molar-refractivity contribution in [3.8, 4) is 5.69 Å². The molecule has 2 N–H and O–H groups in total. The van der Waals surface area contributed by atoms with Crippen LogP contribution in [0.15, 0.2) is 48.8 Å². The number of nitrogens with two attached hydrogens (primary N) is 1. The molecule has 3 rings (SSSR count). The molecule has 1 aromatic carbocycles. The Kier molecular flexibility index (Phi) is 3.48. The predicted octanol–water partition coefficient (Wildman–Crippen LogP) is 1.81. The SMILES string of the molecule is CC1(C(N)=O)CCN(C(=O)c2cccc(-n3cccc3)c2)C1. The van der Waals surface area contributed by atoms with Crippen LogP contribution in [0.25, 0.3) is 5.69 Å². The molecule has 0 aliphatic carbocycles. The van der Waals surface area contributed by atoms with Gasteiger partial charge in [-0.15, -0.1) is 0 Å². The van der Waals surface area contributed by atoms with Crippen LogP contribution in [0, 0.1) is 5.41 Å². The number of primary amides is 1. The third-order valence-electron chi connectivity index (χ3n) is 4.35. The summed E-state index contributed by atoms with van der Waals surface area (Å²) in [5.74, 6) is -0.400. The average molecular weight is 297 g/mol. The Morgan fingerprint density at radius 2 is 1.91 bits per heavy atom. The standard InChI is InChI=1S/C17H19N3O2/c1-17(16(18)22)7-10-20(12-17)15(21)13-5-4-6-14(11-13)19-8-2-3-9-19/h2-6,8-9,11H,7,10,12H2,1H3,(H2,18,22). The minimum atomic E-state index is -0.617. The first kappa shape index (κ1) is 14.4. The van der Waals surface area contributed by atoms with E-state index in [9.17, 15) is 9.59 Å². The molecule has 1 unspecified atom stereocenters. The second kappa shape index (κ2) is 5.33. The van der Waals surface area contributed by atoms with Gasteiger partial charge in [-0.3, -0.25) is 9.59 Å². The first-order valence-electron chi connectivity index (χ1n) is 7.32. The first-order valence-corrected chi connectivity index (χ1v) is 7.32. The molecule has 1 aromatic heterocycles. The van der Waals surface area contributed by atoms with Crippen molar-refractivity contribution in [2.24, 2.45) is 11.1 Å². The fourth-order valence-corrected chi connectivity index (χ4v) is 2.82. The largest absolute Gasteiger partial charge is 0.369 e. The fourth-order valence-electron chi connectivity index (χ4n) is 2.82. The van der Waals surface area contributed by atoms with Gasteiger partial charge < -0.3 is 15.2 Å². The van der Waals surface area contributed by atoms with Crippen LogP contribution in [0.4, 0.5) is 0 Å². The monoisotopic (exact) mass is 297 g/mol. The summed E-state index contributed by atoms with van der Waals surface area (Å²) in [4.78, 5) is 25.9. The smallest absolute Gasteiger partial charge is 0.253 e. The molecule has 2 amide bonds. The summed E-state index contributed by atoms with van der Waals surface area (Å²) in [5.41, 5.74) is 6.39. The number of carbonyl (C=O) groups excluding carboxylic acids is 2. The third kappa shape index (κ3) is 2.50. The van der Waals surface area contributed by atoms with E-state index >= 15 is 0 Å². The van der Waals surface area contributed by atoms with Crippen LogP contribution in [0.1, 0.15) is 23.7 Å². The van der Waals surface area contributed by atoms with Crippen LogP contribution in [0.2, 0.25) is 0 Å². The van der Waals surface area contributed by atoms with Crippen LogP contribution in [-0.2, 0) is 4.79 Å². The van der Waals surface area contributed by atoms with E-state index in [-0.39, 0.29) is 11.8 Å². The Morgan fingerprint density at radius 1 is 1.18 bits per heavy atom. The summed E-state index contributed by atoms with van der Waals surface area (Å²) in [6.07, 6.45) is 4.48. The number of amides is 2. The average Bonchev–Trinajstić information content (AvgIpc) is 3.17. The molecule has 0 saturated carbocycles. The van der Waals surface area contributed by atoms with E-state index in [4.69, 9.17) is 5.73 Å². The molecule has 1 fully saturated rings. The Hall–Kier alpha value is -2.56. The minimum Gasteiger partial charge on any atom is -0.369 e. The molecule has 5 nitrogen and oxygen atoms in total. The fraction of sp³-hybridized carbons (Fsp3) is 0.294. The molecule has 1 saturated heterocycles. The zero-order valence-electron chi connectivity index (χ0n) is 12.5. The van der Waals surface area contributed by atoms with Gasteiger partial charge in [-0.1, -0.05) is 6.07 Å². The van der Waals surface area contributed by atoms with Crippen LogP contribution < -0.4 is 5.73 Å². The second-order valence-electron chi connectivity index (χ2n) is 6.04. The van der Waals surface area contributed by atoms with Crippen molar-refractivity contribution in [3.63, 3.8) is 0 Å². The zero-order valence-corrected chi connectivity index (χ0v) is 12.5. The van der Waals surface area contributed by atoms with Crippen molar-refractivity contribution in [2.45, 2.75) is 13.3 Å². The van der Waals surface area contributed by atoms with Gasteiger partial charge in [0.15, 0.2) is 0 Å². The van der Waals surface area contributed by atoms with Gasteiger partial charge in [0, 0.05) is 36.7 Å². The molecule has 1 aliphatic heterocycles. The Labute approximate surface area is 129 Å². The molecule has 5 heteroatoms. The maximum Gasteiger partial charge on any atom is 0.253 e. The highest BCUT2D eigenvalue weighted by molar-refractivity contribution is 5.95. The van der Waals surface area contributed by atoms with E-state index in [0.29, 0.717) is 25.1 Å². The van der Waals surface area contributed by atoms with E-state index in [2.05, 4.69) is 0 Å². The number of rotatable bonds is 3. The molecule has 1 aliphatic rings. The number of carbonyl (C=O) groups is 2. The van der Waals surface area contributed by atoms with Gasteiger partial charge in [0.2, 0.25) is 5.91 Å². The number of benzene rings is 1. The highest BCUT2D eigenvalue weighted by Gasteiger charge is 2.40. The van der Waals surface area contributed by atoms with Crippen molar-refractivity contribution in [1.29, 1.82) is 0 Å². The molecule has 2 aromatic rings. The maximum atomic E-state index is 12.6. The lowest BCUT2D eigenvalue weighted by atomic mass is 9.89. The minimum absolute atomic E-state index is 0.0565. The number of nitrogens with zero attached hydrogens (tertiary/aromatic N) is 2. The lowest BCUT2D eigenvalue weighted by molar-refractivity contribution is -0.126. The van der Waals surface area contributed by atoms with Crippen LogP contribution in [0.3, 0.4) is 0 Å². The Morgan fingerprint density at radius 3 is 2.55 bits per heavy atom. The van der Waals surface area contributed by atoms with Crippen LogP contribution in [-0.4, -0.2) is 34.4 Å². The maximum absolute atomic E-state index is 12.6. The van der Waals surface area contributed by atoms with Gasteiger partial charge in [0.25, 0.3) is 5.91 Å². The Bertz CT molecular complexity index is 708. The molecule has 22 heavy (non-hydrogen) atoms. The van der Waals surface area contributed by atoms with Gasteiger partial charge in [0.05, 0.1) is 5.41 Å². The van der Waals surface area contributed by atoms with Crippen molar-refractivity contribution in [3.05, 3.63) is 54.4 Å². The van der Waals surface area contributed by atoms with Crippen molar-refractivity contribution >= 4 is 11.8 Å². The number of hydrogen-bond acceptors (Lipinski definition) is 2. The number of likely N-dealkylation sites (tertiary alicyclic amines) is 1. The van der Waals surface area contributed by atoms with Crippen molar-refractivity contribution in [2.75, 3.05) is 13.1 Å². The van der Waals surface area contributed by atoms with E-state index in [1.165, 1.54) is 0 Å². The third-order valence-corrected chi connectivity index (χ3v) is 4.35. The van der Waals surface area contributed by atoms with Gasteiger partial charge in [-0.25, -0.2) is 0 Å². The van der Waals surface area contributed by atoms with Crippen molar-refractivity contribution in [1.82, 2.24) is 9.47 Å². The summed E-state index contributed by atoms with van der Waals surface area (Å²) in [5, 5.41) is 0. The summed E-state index contributed by atoms with van der Waals surface area (Å²) in [6.45, 7) is 2.76. The van der Waals surface area contributed by atoms with Crippen molar-refractivity contribution < 1.29 is 9.59 Å². The molecule has 2 heterocycles. The van der Waals surface area contributed by atoms with Gasteiger partial charge >= 0.3 is 0 Å². The lowest BCUT2D eigenvalue weighted by Crippen LogP contribution is -2.38.